The third-order valence-corrected chi connectivity index (χ3v) is 4.36. The van der Waals surface area contributed by atoms with Crippen LogP contribution >= 0.6 is 0 Å². The summed E-state index contributed by atoms with van der Waals surface area (Å²) >= 11 is 0. The molecule has 2 aliphatic rings. The molecule has 3 nitrogen and oxygen atoms in total. The molecule has 17 heavy (non-hydrogen) atoms. The van der Waals surface area contributed by atoms with Crippen LogP contribution in [-0.4, -0.2) is 36.5 Å². The van der Waals surface area contributed by atoms with Gasteiger partial charge in [0.1, 0.15) is 0 Å². The van der Waals surface area contributed by atoms with Gasteiger partial charge < -0.3 is 10.2 Å². The van der Waals surface area contributed by atoms with Crippen LogP contribution in [0.2, 0.25) is 0 Å². The minimum Gasteiger partial charge on any atom is -0.341 e. The number of carbonyl (C=O) groups excluding carboxylic acids is 1. The molecule has 3 heteroatoms. The van der Waals surface area contributed by atoms with Gasteiger partial charge in [-0.1, -0.05) is 26.7 Å². The van der Waals surface area contributed by atoms with Gasteiger partial charge in [0.25, 0.3) is 0 Å². The second kappa shape index (κ2) is 5.38. The van der Waals surface area contributed by atoms with Crippen molar-refractivity contribution < 1.29 is 4.79 Å². The summed E-state index contributed by atoms with van der Waals surface area (Å²) in [7, 11) is 0. The monoisotopic (exact) mass is 238 g/mol. The zero-order valence-corrected chi connectivity index (χ0v) is 11.3. The Labute approximate surface area is 105 Å². The Morgan fingerprint density at radius 1 is 1.35 bits per heavy atom. The summed E-state index contributed by atoms with van der Waals surface area (Å²) < 4.78 is 0. The third-order valence-electron chi connectivity index (χ3n) is 4.36. The maximum Gasteiger partial charge on any atom is 0.239 e. The lowest BCUT2D eigenvalue weighted by atomic mass is 9.87. The van der Waals surface area contributed by atoms with Crippen molar-refractivity contribution in [3.05, 3.63) is 0 Å². The third kappa shape index (κ3) is 3.01. The molecule has 1 aliphatic heterocycles. The predicted molar refractivity (Wildman–Crippen MR) is 69.9 cm³/mol. The highest BCUT2D eigenvalue weighted by Gasteiger charge is 2.35. The Morgan fingerprint density at radius 2 is 2.06 bits per heavy atom. The second-order valence-corrected chi connectivity index (χ2v) is 6.03. The average Bonchev–Trinajstić information content (AvgIpc) is 2.71. The summed E-state index contributed by atoms with van der Waals surface area (Å²) in [4.78, 5) is 14.4. The Balaban J connectivity index is 1.93. The van der Waals surface area contributed by atoms with Crippen molar-refractivity contribution in [2.75, 3.05) is 19.6 Å². The van der Waals surface area contributed by atoms with Crippen LogP contribution in [0.5, 0.6) is 0 Å². The quantitative estimate of drug-likeness (QED) is 0.814. The van der Waals surface area contributed by atoms with E-state index in [1.807, 2.05) is 0 Å². The minimum atomic E-state index is 0.0822. The van der Waals surface area contributed by atoms with Crippen molar-refractivity contribution >= 4 is 5.91 Å². The molecule has 1 saturated carbocycles. The molecule has 0 aromatic heterocycles. The van der Waals surface area contributed by atoms with Crippen LogP contribution in [0, 0.1) is 5.41 Å². The average molecular weight is 238 g/mol. The number of piperidine rings is 1. The molecular weight excluding hydrogens is 212 g/mol. The first kappa shape index (κ1) is 12.9. The van der Waals surface area contributed by atoms with Crippen LogP contribution in [0.4, 0.5) is 0 Å². The van der Waals surface area contributed by atoms with Crippen LogP contribution < -0.4 is 5.32 Å². The summed E-state index contributed by atoms with van der Waals surface area (Å²) in [5.41, 5.74) is 0.393. The Hall–Kier alpha value is -0.570. The summed E-state index contributed by atoms with van der Waals surface area (Å²) in [5, 5.41) is 3.31. The fourth-order valence-corrected chi connectivity index (χ4v) is 3.38. The number of likely N-dealkylation sites (tertiary alicyclic amines) is 1. The van der Waals surface area contributed by atoms with Crippen LogP contribution in [0.25, 0.3) is 0 Å². The van der Waals surface area contributed by atoms with Crippen LogP contribution in [0.15, 0.2) is 0 Å². The van der Waals surface area contributed by atoms with E-state index in [2.05, 4.69) is 24.1 Å². The van der Waals surface area contributed by atoms with E-state index in [4.69, 9.17) is 0 Å². The smallest absolute Gasteiger partial charge is 0.239 e. The molecule has 0 radical (unpaired) electrons. The lowest BCUT2D eigenvalue weighted by molar-refractivity contribution is -0.137. The van der Waals surface area contributed by atoms with Gasteiger partial charge in [-0.05, 0) is 37.6 Å². The first-order chi connectivity index (χ1) is 8.14. The van der Waals surface area contributed by atoms with Gasteiger partial charge in [-0.25, -0.2) is 0 Å². The molecule has 1 saturated heterocycles. The largest absolute Gasteiger partial charge is 0.341 e. The van der Waals surface area contributed by atoms with Crippen LogP contribution in [0.1, 0.15) is 52.4 Å². The molecule has 0 aromatic carbocycles. The van der Waals surface area contributed by atoms with E-state index >= 15 is 0 Å². The molecule has 0 bridgehead atoms. The SMILES string of the molecule is CCNC1CCCN(CC2(C)CCCC2)C1=O. The molecule has 1 heterocycles. The number of likely N-dealkylation sites (N-methyl/N-ethyl adjacent to an activating group) is 1. The van der Waals surface area contributed by atoms with Gasteiger partial charge >= 0.3 is 0 Å². The molecular formula is C14H26N2O. The van der Waals surface area contributed by atoms with Crippen molar-refractivity contribution in [2.24, 2.45) is 5.41 Å². The number of carbonyl (C=O) groups is 1. The maximum atomic E-state index is 12.3. The van der Waals surface area contributed by atoms with E-state index in [-0.39, 0.29) is 6.04 Å². The van der Waals surface area contributed by atoms with Crippen molar-refractivity contribution in [2.45, 2.75) is 58.4 Å². The minimum absolute atomic E-state index is 0.0822. The van der Waals surface area contributed by atoms with E-state index in [1.54, 1.807) is 0 Å². The van der Waals surface area contributed by atoms with Crippen LogP contribution in [-0.2, 0) is 4.79 Å². The van der Waals surface area contributed by atoms with Crippen molar-refractivity contribution in [3.8, 4) is 0 Å². The number of nitrogens with zero attached hydrogens (tertiary/aromatic N) is 1. The normalized spacial score (nSPS) is 28.7. The molecule has 2 rings (SSSR count). The molecule has 1 N–H and O–H groups in total. The Bertz CT molecular complexity index is 269. The van der Waals surface area contributed by atoms with Crippen molar-refractivity contribution in [1.29, 1.82) is 0 Å². The maximum absolute atomic E-state index is 12.3. The lowest BCUT2D eigenvalue weighted by Crippen LogP contribution is -2.52. The molecule has 1 atom stereocenters. The molecule has 1 amide bonds. The van der Waals surface area contributed by atoms with Crippen LogP contribution in [0.3, 0.4) is 0 Å². The highest BCUT2D eigenvalue weighted by molar-refractivity contribution is 5.82. The van der Waals surface area contributed by atoms with E-state index < -0.39 is 0 Å². The standard InChI is InChI=1S/C14H26N2O/c1-3-15-12-7-6-10-16(13(12)17)11-14(2)8-4-5-9-14/h12,15H,3-11H2,1-2H3. The molecule has 1 aliphatic carbocycles. The number of hydrogen-bond acceptors (Lipinski definition) is 2. The summed E-state index contributed by atoms with van der Waals surface area (Å²) in [6.07, 6.45) is 7.44. The lowest BCUT2D eigenvalue weighted by Gasteiger charge is -2.38. The van der Waals surface area contributed by atoms with Gasteiger partial charge in [0.05, 0.1) is 6.04 Å². The molecule has 1 unspecified atom stereocenters. The fraction of sp³-hybridized carbons (Fsp3) is 0.929. The fourth-order valence-electron chi connectivity index (χ4n) is 3.38. The zero-order chi connectivity index (χ0) is 12.3. The van der Waals surface area contributed by atoms with E-state index in [0.29, 0.717) is 11.3 Å². The zero-order valence-electron chi connectivity index (χ0n) is 11.3. The molecule has 0 aromatic rings. The van der Waals surface area contributed by atoms with E-state index in [0.717, 1.165) is 32.5 Å². The summed E-state index contributed by atoms with van der Waals surface area (Å²) in [6.45, 7) is 7.26. The number of hydrogen-bond donors (Lipinski definition) is 1. The Kier molecular flexibility index (Phi) is 4.08. The number of rotatable bonds is 4. The van der Waals surface area contributed by atoms with Gasteiger partial charge in [-0.2, -0.15) is 0 Å². The van der Waals surface area contributed by atoms with E-state index in [9.17, 15) is 4.79 Å². The highest BCUT2D eigenvalue weighted by atomic mass is 16.2. The number of nitrogens with one attached hydrogen (secondary N) is 1. The van der Waals surface area contributed by atoms with Gasteiger partial charge in [0.15, 0.2) is 0 Å². The summed E-state index contributed by atoms with van der Waals surface area (Å²) in [6, 6.07) is 0.0822. The van der Waals surface area contributed by atoms with Crippen molar-refractivity contribution in [1.82, 2.24) is 10.2 Å². The summed E-state index contributed by atoms with van der Waals surface area (Å²) in [5.74, 6) is 0.339. The van der Waals surface area contributed by atoms with Crippen molar-refractivity contribution in [3.63, 3.8) is 0 Å². The van der Waals surface area contributed by atoms with Gasteiger partial charge in [0.2, 0.25) is 5.91 Å². The predicted octanol–water partition coefficient (Wildman–Crippen LogP) is 2.17. The number of amides is 1. The van der Waals surface area contributed by atoms with Gasteiger partial charge in [-0.15, -0.1) is 0 Å². The first-order valence-corrected chi connectivity index (χ1v) is 7.17. The van der Waals surface area contributed by atoms with Gasteiger partial charge in [0, 0.05) is 13.1 Å². The van der Waals surface area contributed by atoms with E-state index in [1.165, 1.54) is 25.7 Å². The highest BCUT2D eigenvalue weighted by Crippen LogP contribution is 2.38. The van der Waals surface area contributed by atoms with Gasteiger partial charge in [-0.3, -0.25) is 4.79 Å². The molecule has 0 spiro atoms. The molecule has 98 valence electrons. The second-order valence-electron chi connectivity index (χ2n) is 6.03. The topological polar surface area (TPSA) is 32.3 Å². The Morgan fingerprint density at radius 3 is 2.71 bits per heavy atom. The first-order valence-electron chi connectivity index (χ1n) is 7.17. The molecule has 2 fully saturated rings.